The van der Waals surface area contributed by atoms with E-state index in [-0.39, 0.29) is 5.38 Å². The fourth-order valence-corrected chi connectivity index (χ4v) is 3.37. The van der Waals surface area contributed by atoms with E-state index in [0.29, 0.717) is 0 Å². The monoisotopic (exact) mass is 386 g/mol. The Bertz CT molecular complexity index is 595. The van der Waals surface area contributed by atoms with Gasteiger partial charge in [0.2, 0.25) is 0 Å². The molecule has 0 N–H and O–H groups in total. The van der Waals surface area contributed by atoms with Crippen molar-refractivity contribution in [3.63, 3.8) is 0 Å². The molecule has 0 heterocycles. The third kappa shape index (κ3) is 3.06. The number of methoxy groups -OCH3 is 1. The number of benzene rings is 2. The summed E-state index contributed by atoms with van der Waals surface area (Å²) in [6, 6.07) is 12.3. The van der Waals surface area contributed by atoms with Crippen LogP contribution in [0.5, 0.6) is 5.75 Å². The van der Waals surface area contributed by atoms with Gasteiger partial charge in [0.25, 0.3) is 0 Å². The lowest BCUT2D eigenvalue weighted by atomic mass is 9.98. The Labute approximate surface area is 133 Å². The molecule has 2 aromatic rings. The molecule has 0 aliphatic carbocycles. The van der Waals surface area contributed by atoms with Gasteiger partial charge < -0.3 is 4.74 Å². The second kappa shape index (κ2) is 6.14. The highest BCUT2D eigenvalue weighted by atomic mass is 127. The quantitative estimate of drug-likeness (QED) is 0.517. The van der Waals surface area contributed by atoms with E-state index in [2.05, 4.69) is 54.6 Å². The van der Waals surface area contributed by atoms with E-state index in [9.17, 15) is 0 Å². The number of hydrogen-bond donors (Lipinski definition) is 0. The van der Waals surface area contributed by atoms with Crippen molar-refractivity contribution in [1.82, 2.24) is 0 Å². The smallest absolute Gasteiger partial charge is 0.119 e. The fraction of sp³-hybridized carbons (Fsp3) is 0.250. The number of hydrogen-bond acceptors (Lipinski definition) is 1. The van der Waals surface area contributed by atoms with E-state index in [0.717, 1.165) is 22.4 Å². The van der Waals surface area contributed by atoms with Gasteiger partial charge in [-0.3, -0.25) is 0 Å². The standard InChI is InChI=1S/C16H16ClIO/c1-10-5-4-6-14(16(10)18)15(17)13-8-7-12(19-3)9-11(13)2/h4-9,15H,1-3H3. The summed E-state index contributed by atoms with van der Waals surface area (Å²) in [7, 11) is 1.68. The molecule has 2 aromatic carbocycles. The van der Waals surface area contributed by atoms with E-state index < -0.39 is 0 Å². The van der Waals surface area contributed by atoms with Gasteiger partial charge >= 0.3 is 0 Å². The molecule has 0 saturated carbocycles. The van der Waals surface area contributed by atoms with Gasteiger partial charge in [-0.1, -0.05) is 24.3 Å². The normalized spacial score (nSPS) is 12.3. The van der Waals surface area contributed by atoms with Gasteiger partial charge in [0.1, 0.15) is 5.75 Å². The molecule has 19 heavy (non-hydrogen) atoms. The summed E-state index contributed by atoms with van der Waals surface area (Å²) in [6.07, 6.45) is 0. The first kappa shape index (κ1) is 14.7. The van der Waals surface area contributed by atoms with Crippen LogP contribution in [0.4, 0.5) is 0 Å². The summed E-state index contributed by atoms with van der Waals surface area (Å²) in [5.74, 6) is 0.865. The molecular weight excluding hydrogens is 371 g/mol. The Morgan fingerprint density at radius 3 is 2.42 bits per heavy atom. The van der Waals surface area contributed by atoms with Crippen LogP contribution in [0, 0.1) is 17.4 Å². The van der Waals surface area contributed by atoms with Gasteiger partial charge in [-0.05, 0) is 70.8 Å². The van der Waals surface area contributed by atoms with Crippen molar-refractivity contribution < 1.29 is 4.74 Å². The molecule has 0 amide bonds. The summed E-state index contributed by atoms with van der Waals surface area (Å²) >= 11 is 9.03. The number of ether oxygens (including phenoxy) is 1. The fourth-order valence-electron chi connectivity index (χ4n) is 2.09. The van der Waals surface area contributed by atoms with Crippen LogP contribution in [0.15, 0.2) is 36.4 Å². The summed E-state index contributed by atoms with van der Waals surface area (Å²) in [5.41, 5.74) is 4.70. The summed E-state index contributed by atoms with van der Waals surface area (Å²) in [5, 5.41) is -0.127. The number of alkyl halides is 1. The van der Waals surface area contributed by atoms with E-state index >= 15 is 0 Å². The van der Waals surface area contributed by atoms with Gasteiger partial charge in [-0.15, -0.1) is 11.6 Å². The van der Waals surface area contributed by atoms with Crippen molar-refractivity contribution in [2.24, 2.45) is 0 Å². The van der Waals surface area contributed by atoms with Crippen LogP contribution in [0.25, 0.3) is 0 Å². The number of aryl methyl sites for hydroxylation is 2. The maximum atomic E-state index is 6.66. The van der Waals surface area contributed by atoms with Crippen LogP contribution >= 0.6 is 34.2 Å². The average Bonchev–Trinajstić information content (AvgIpc) is 2.41. The number of rotatable bonds is 3. The molecule has 1 unspecified atom stereocenters. The van der Waals surface area contributed by atoms with Crippen molar-refractivity contribution in [3.8, 4) is 5.75 Å². The maximum Gasteiger partial charge on any atom is 0.119 e. The largest absolute Gasteiger partial charge is 0.497 e. The van der Waals surface area contributed by atoms with E-state index in [1.54, 1.807) is 7.11 Å². The predicted octanol–water partition coefficient (Wildman–Crippen LogP) is 5.24. The van der Waals surface area contributed by atoms with Gasteiger partial charge in [-0.2, -0.15) is 0 Å². The first-order valence-electron chi connectivity index (χ1n) is 6.08. The maximum absolute atomic E-state index is 6.66. The Morgan fingerprint density at radius 1 is 1.05 bits per heavy atom. The summed E-state index contributed by atoms with van der Waals surface area (Å²) < 4.78 is 6.47. The molecular formula is C16H16ClIO. The SMILES string of the molecule is COc1ccc(C(Cl)c2cccc(C)c2I)c(C)c1. The molecule has 0 fully saturated rings. The molecule has 0 radical (unpaired) electrons. The summed E-state index contributed by atoms with van der Waals surface area (Å²) in [6.45, 7) is 4.17. The molecule has 1 nitrogen and oxygen atoms in total. The number of halogens is 2. The lowest BCUT2D eigenvalue weighted by molar-refractivity contribution is 0.414. The topological polar surface area (TPSA) is 9.23 Å². The third-order valence-corrected chi connectivity index (χ3v) is 5.19. The third-order valence-electron chi connectivity index (χ3n) is 3.24. The predicted molar refractivity (Wildman–Crippen MR) is 89.3 cm³/mol. The summed E-state index contributed by atoms with van der Waals surface area (Å²) in [4.78, 5) is 0. The van der Waals surface area contributed by atoms with Gasteiger partial charge in [0, 0.05) is 3.57 Å². The van der Waals surface area contributed by atoms with Crippen molar-refractivity contribution >= 4 is 34.2 Å². The molecule has 0 spiro atoms. The lowest BCUT2D eigenvalue weighted by Crippen LogP contribution is -2.00. The van der Waals surface area contributed by atoms with Crippen LogP contribution in [-0.2, 0) is 0 Å². The van der Waals surface area contributed by atoms with E-state index in [1.165, 1.54) is 9.13 Å². The Balaban J connectivity index is 2.44. The van der Waals surface area contributed by atoms with Crippen molar-refractivity contribution in [3.05, 3.63) is 62.2 Å². The zero-order valence-electron chi connectivity index (χ0n) is 11.2. The lowest BCUT2D eigenvalue weighted by Gasteiger charge is -2.16. The van der Waals surface area contributed by atoms with Crippen LogP contribution in [0.2, 0.25) is 0 Å². The van der Waals surface area contributed by atoms with Gasteiger partial charge in [-0.25, -0.2) is 0 Å². The molecule has 0 saturated heterocycles. The Kier molecular flexibility index (Phi) is 4.74. The van der Waals surface area contributed by atoms with Crippen molar-refractivity contribution in [2.45, 2.75) is 19.2 Å². The zero-order valence-corrected chi connectivity index (χ0v) is 14.1. The molecule has 2 rings (SSSR count). The molecule has 3 heteroatoms. The Morgan fingerprint density at radius 2 is 1.79 bits per heavy atom. The highest BCUT2D eigenvalue weighted by Crippen LogP contribution is 2.35. The highest BCUT2D eigenvalue weighted by Gasteiger charge is 2.17. The van der Waals surface area contributed by atoms with Gasteiger partial charge in [0.15, 0.2) is 0 Å². The minimum Gasteiger partial charge on any atom is -0.497 e. The Hall–Kier alpha value is -0.740. The first-order valence-corrected chi connectivity index (χ1v) is 7.59. The molecule has 0 aliphatic rings. The minimum atomic E-state index is -0.127. The van der Waals surface area contributed by atoms with Crippen LogP contribution in [0.1, 0.15) is 27.6 Å². The van der Waals surface area contributed by atoms with Crippen LogP contribution in [0.3, 0.4) is 0 Å². The molecule has 0 bridgehead atoms. The highest BCUT2D eigenvalue weighted by molar-refractivity contribution is 14.1. The second-order valence-electron chi connectivity index (χ2n) is 4.56. The van der Waals surface area contributed by atoms with Gasteiger partial charge in [0.05, 0.1) is 12.5 Å². The minimum absolute atomic E-state index is 0.127. The van der Waals surface area contributed by atoms with Crippen LogP contribution < -0.4 is 4.74 Å². The molecule has 1 atom stereocenters. The first-order chi connectivity index (χ1) is 9.04. The average molecular weight is 387 g/mol. The van der Waals surface area contributed by atoms with Crippen molar-refractivity contribution in [2.75, 3.05) is 7.11 Å². The molecule has 0 aromatic heterocycles. The molecule has 0 aliphatic heterocycles. The van der Waals surface area contributed by atoms with Crippen molar-refractivity contribution in [1.29, 1.82) is 0 Å². The zero-order chi connectivity index (χ0) is 14.0. The molecule has 100 valence electrons. The second-order valence-corrected chi connectivity index (χ2v) is 6.08. The van der Waals surface area contributed by atoms with E-state index in [4.69, 9.17) is 16.3 Å². The van der Waals surface area contributed by atoms with E-state index in [1.807, 2.05) is 18.2 Å². The van der Waals surface area contributed by atoms with Crippen LogP contribution in [-0.4, -0.2) is 7.11 Å².